The SMILES string of the molecule is CCC.CCCCCCCCCCCCC(=O)O.CCCCCCCCCCCCC(=O)O.CCCCCCCCCCCCC(=O)O. The van der Waals surface area contributed by atoms with Crippen LogP contribution in [0.5, 0.6) is 0 Å². The van der Waals surface area contributed by atoms with E-state index in [2.05, 4.69) is 34.6 Å². The molecule has 0 aliphatic heterocycles. The predicted octanol–water partition coefficient (Wildman–Crippen LogP) is 14.6. The molecule has 6 nitrogen and oxygen atoms in total. The first-order chi connectivity index (χ1) is 23.2. The fraction of sp³-hybridized carbons (Fsp3) is 0.929. The van der Waals surface area contributed by atoms with Crippen LogP contribution < -0.4 is 0 Å². The molecule has 0 rings (SSSR count). The first kappa shape index (κ1) is 53.2. The summed E-state index contributed by atoms with van der Waals surface area (Å²) >= 11 is 0. The Morgan fingerprint density at radius 2 is 0.396 bits per heavy atom. The van der Waals surface area contributed by atoms with E-state index in [0.29, 0.717) is 19.3 Å². The van der Waals surface area contributed by atoms with E-state index >= 15 is 0 Å². The summed E-state index contributed by atoms with van der Waals surface area (Å²) in [5.74, 6) is -1.97. The van der Waals surface area contributed by atoms with E-state index < -0.39 is 17.9 Å². The van der Waals surface area contributed by atoms with Crippen LogP contribution in [0.25, 0.3) is 0 Å². The maximum Gasteiger partial charge on any atom is 0.303 e. The summed E-state index contributed by atoms with van der Waals surface area (Å²) in [5, 5.41) is 25.3. The summed E-state index contributed by atoms with van der Waals surface area (Å²) in [7, 11) is 0. The zero-order valence-corrected chi connectivity index (χ0v) is 33.1. The minimum absolute atomic E-state index is 0.344. The molecule has 0 aliphatic carbocycles. The second-order valence-corrected chi connectivity index (χ2v) is 13.7. The summed E-state index contributed by atoms with van der Waals surface area (Å²) in [5.41, 5.74) is 0. The maximum absolute atomic E-state index is 10.2. The monoisotopic (exact) mass is 687 g/mol. The van der Waals surface area contributed by atoms with Crippen molar-refractivity contribution in [2.24, 2.45) is 0 Å². The number of unbranched alkanes of at least 4 members (excludes halogenated alkanes) is 27. The van der Waals surface area contributed by atoms with Crippen LogP contribution >= 0.6 is 0 Å². The topological polar surface area (TPSA) is 112 Å². The molecule has 0 spiro atoms. The van der Waals surface area contributed by atoms with Crippen molar-refractivity contribution in [1.29, 1.82) is 0 Å². The number of hydrogen-bond donors (Lipinski definition) is 3. The molecule has 0 saturated carbocycles. The molecule has 0 aromatic heterocycles. The van der Waals surface area contributed by atoms with Gasteiger partial charge in [0.15, 0.2) is 0 Å². The molecule has 0 aliphatic rings. The Hall–Kier alpha value is -1.59. The van der Waals surface area contributed by atoms with Gasteiger partial charge >= 0.3 is 17.9 Å². The van der Waals surface area contributed by atoms with E-state index in [1.54, 1.807) is 0 Å². The third-order valence-corrected chi connectivity index (χ3v) is 8.23. The molecule has 0 atom stereocenters. The highest BCUT2D eigenvalue weighted by Gasteiger charge is 1.98. The van der Waals surface area contributed by atoms with Crippen molar-refractivity contribution >= 4 is 17.9 Å². The van der Waals surface area contributed by atoms with Gasteiger partial charge in [-0.2, -0.15) is 0 Å². The van der Waals surface area contributed by atoms with E-state index in [1.165, 1.54) is 161 Å². The van der Waals surface area contributed by atoms with E-state index in [1.807, 2.05) is 0 Å². The van der Waals surface area contributed by atoms with Crippen molar-refractivity contribution in [2.75, 3.05) is 0 Å². The normalized spacial score (nSPS) is 10.2. The van der Waals surface area contributed by atoms with Crippen LogP contribution in [-0.2, 0) is 14.4 Å². The average molecular weight is 687 g/mol. The van der Waals surface area contributed by atoms with Crippen LogP contribution in [0.2, 0.25) is 0 Å². The van der Waals surface area contributed by atoms with Crippen molar-refractivity contribution in [1.82, 2.24) is 0 Å². The van der Waals surface area contributed by atoms with Gasteiger partial charge in [0, 0.05) is 19.3 Å². The fourth-order valence-electron chi connectivity index (χ4n) is 5.29. The molecular weight excluding hydrogens is 600 g/mol. The van der Waals surface area contributed by atoms with Crippen LogP contribution in [0.4, 0.5) is 0 Å². The molecule has 0 unspecified atom stereocenters. The van der Waals surface area contributed by atoms with Crippen LogP contribution in [0.1, 0.15) is 253 Å². The zero-order valence-electron chi connectivity index (χ0n) is 33.1. The second-order valence-electron chi connectivity index (χ2n) is 13.7. The molecule has 0 radical (unpaired) electrons. The lowest BCUT2D eigenvalue weighted by Gasteiger charge is -2.01. The first-order valence-corrected chi connectivity index (χ1v) is 20.9. The molecule has 0 fully saturated rings. The average Bonchev–Trinajstić information content (AvgIpc) is 3.04. The molecule has 0 saturated heterocycles. The lowest BCUT2D eigenvalue weighted by Crippen LogP contribution is -1.93. The van der Waals surface area contributed by atoms with Crippen molar-refractivity contribution in [3.05, 3.63) is 0 Å². The smallest absolute Gasteiger partial charge is 0.303 e. The lowest BCUT2D eigenvalue weighted by atomic mass is 10.1. The quantitative estimate of drug-likeness (QED) is 0.0592. The Morgan fingerprint density at radius 1 is 0.271 bits per heavy atom. The van der Waals surface area contributed by atoms with E-state index in [9.17, 15) is 14.4 Å². The molecule has 0 heterocycles. The molecular formula is C42H86O6. The van der Waals surface area contributed by atoms with Gasteiger partial charge < -0.3 is 15.3 Å². The number of hydrogen-bond acceptors (Lipinski definition) is 3. The lowest BCUT2D eigenvalue weighted by molar-refractivity contribution is -0.138. The van der Waals surface area contributed by atoms with Gasteiger partial charge in [-0.3, -0.25) is 14.4 Å². The highest BCUT2D eigenvalue weighted by molar-refractivity contribution is 5.67. The molecule has 6 heteroatoms. The number of carboxylic acids is 3. The summed E-state index contributed by atoms with van der Waals surface area (Å²) < 4.78 is 0. The minimum Gasteiger partial charge on any atom is -0.481 e. The third kappa shape index (κ3) is 70.7. The molecule has 48 heavy (non-hydrogen) atoms. The van der Waals surface area contributed by atoms with Gasteiger partial charge in [0.1, 0.15) is 0 Å². The van der Waals surface area contributed by atoms with Crippen LogP contribution in [0.15, 0.2) is 0 Å². The van der Waals surface area contributed by atoms with Gasteiger partial charge in [-0.1, -0.05) is 214 Å². The maximum atomic E-state index is 10.2. The highest BCUT2D eigenvalue weighted by Crippen LogP contribution is 2.13. The second kappa shape index (κ2) is 52.2. The van der Waals surface area contributed by atoms with Gasteiger partial charge in [0.05, 0.1) is 0 Å². The van der Waals surface area contributed by atoms with Crippen molar-refractivity contribution in [3.8, 4) is 0 Å². The van der Waals surface area contributed by atoms with Gasteiger partial charge in [-0.15, -0.1) is 0 Å². The van der Waals surface area contributed by atoms with Crippen LogP contribution in [0, 0.1) is 0 Å². The Morgan fingerprint density at radius 3 is 0.521 bits per heavy atom. The molecule has 0 aromatic carbocycles. The summed E-state index contributed by atoms with van der Waals surface area (Å²) in [4.78, 5) is 30.7. The number of carbonyl (C=O) groups is 3. The van der Waals surface area contributed by atoms with E-state index in [-0.39, 0.29) is 0 Å². The number of aliphatic carboxylic acids is 3. The minimum atomic E-state index is -0.658. The van der Waals surface area contributed by atoms with Crippen LogP contribution in [0.3, 0.4) is 0 Å². The number of carboxylic acid groups (broad SMARTS) is 3. The Kier molecular flexibility index (Phi) is 57.9. The zero-order chi connectivity index (χ0) is 36.8. The third-order valence-electron chi connectivity index (χ3n) is 8.23. The van der Waals surface area contributed by atoms with Gasteiger partial charge in [-0.25, -0.2) is 0 Å². The van der Waals surface area contributed by atoms with Crippen LogP contribution in [-0.4, -0.2) is 33.2 Å². The Bertz CT molecular complexity index is 526. The van der Waals surface area contributed by atoms with E-state index in [0.717, 1.165) is 38.5 Å². The Labute approximate surface area is 300 Å². The van der Waals surface area contributed by atoms with Gasteiger partial charge in [-0.05, 0) is 19.3 Å². The standard InChI is InChI=1S/3C13H26O2.C3H8/c3*1-2-3-4-5-6-7-8-9-10-11-12-13(14)15;1-3-2/h3*2-12H2,1H3,(H,14,15);3H2,1-2H3. The van der Waals surface area contributed by atoms with Gasteiger partial charge in [0.25, 0.3) is 0 Å². The van der Waals surface area contributed by atoms with Crippen molar-refractivity contribution in [2.45, 2.75) is 253 Å². The Balaban J connectivity index is -0.000000290. The van der Waals surface area contributed by atoms with Crippen molar-refractivity contribution in [3.63, 3.8) is 0 Å². The fourth-order valence-corrected chi connectivity index (χ4v) is 5.29. The highest BCUT2D eigenvalue weighted by atomic mass is 16.4. The predicted molar refractivity (Wildman–Crippen MR) is 208 cm³/mol. The van der Waals surface area contributed by atoms with Gasteiger partial charge in [0.2, 0.25) is 0 Å². The van der Waals surface area contributed by atoms with Crippen molar-refractivity contribution < 1.29 is 29.7 Å². The molecule has 3 N–H and O–H groups in total. The number of rotatable bonds is 33. The largest absolute Gasteiger partial charge is 0.481 e. The summed E-state index contributed by atoms with van der Waals surface area (Å²) in [6.45, 7) is 11.0. The summed E-state index contributed by atoms with van der Waals surface area (Å²) in [6.07, 6.45) is 40.0. The molecule has 0 bridgehead atoms. The summed E-state index contributed by atoms with van der Waals surface area (Å²) in [6, 6.07) is 0. The van der Waals surface area contributed by atoms with E-state index in [4.69, 9.17) is 15.3 Å². The molecule has 0 amide bonds. The first-order valence-electron chi connectivity index (χ1n) is 20.9. The molecule has 0 aromatic rings. The molecule has 290 valence electrons.